The summed E-state index contributed by atoms with van der Waals surface area (Å²) < 4.78 is 11.8. The number of rotatable bonds is 6. The first kappa shape index (κ1) is 15.9. The zero-order valence-corrected chi connectivity index (χ0v) is 13.8. The van der Waals surface area contributed by atoms with Crippen molar-refractivity contribution < 1.29 is 14.3 Å². The zero-order valence-electron chi connectivity index (χ0n) is 11.4. The highest BCUT2D eigenvalue weighted by Gasteiger charge is 2.13. The van der Waals surface area contributed by atoms with Crippen LogP contribution in [0.1, 0.15) is 17.3 Å². The second-order valence-corrected chi connectivity index (χ2v) is 5.54. The number of Topliss-reactive ketones (excluding diaryl/α,β-unsaturated/α-hetero) is 1. The van der Waals surface area contributed by atoms with Crippen LogP contribution in [-0.4, -0.2) is 19.0 Å². The minimum absolute atomic E-state index is 0.0918. The smallest absolute Gasteiger partial charge is 0.203 e. The van der Waals surface area contributed by atoms with Crippen molar-refractivity contribution in [3.63, 3.8) is 0 Å². The van der Waals surface area contributed by atoms with E-state index in [1.165, 1.54) is 0 Å². The molecule has 5 heteroatoms. The number of benzene rings is 2. The van der Waals surface area contributed by atoms with Crippen LogP contribution in [0.15, 0.2) is 46.9 Å². The molecule has 2 aromatic rings. The Kier molecular flexibility index (Phi) is 5.65. The average Bonchev–Trinajstić information content (AvgIpc) is 2.47. The first-order chi connectivity index (χ1) is 10.1. The van der Waals surface area contributed by atoms with Gasteiger partial charge in [-0.05, 0) is 37.3 Å². The lowest BCUT2D eigenvalue weighted by atomic mass is 10.1. The summed E-state index contributed by atoms with van der Waals surface area (Å²) in [5.41, 5.74) is 0.507. The van der Waals surface area contributed by atoms with Gasteiger partial charge in [-0.25, -0.2) is 0 Å². The number of para-hydroxylation sites is 1. The molecule has 0 N–H and O–H groups in total. The molecular formula is C16H14BrClO3. The predicted octanol–water partition coefficient (Wildman–Crippen LogP) is 4.76. The van der Waals surface area contributed by atoms with Crippen LogP contribution in [0.3, 0.4) is 0 Å². The molecule has 0 aliphatic carbocycles. The standard InChI is InChI=1S/C16H14BrClO3/c1-2-20-15-6-4-3-5-12(15)14(19)10-21-16-8-7-11(17)9-13(16)18/h3-9H,2,10H2,1H3. The molecule has 0 amide bonds. The van der Waals surface area contributed by atoms with Gasteiger partial charge < -0.3 is 9.47 Å². The molecule has 0 saturated carbocycles. The molecule has 0 atom stereocenters. The van der Waals surface area contributed by atoms with Crippen LogP contribution in [-0.2, 0) is 0 Å². The Morgan fingerprint density at radius 3 is 2.62 bits per heavy atom. The number of carbonyl (C=O) groups excluding carboxylic acids is 1. The lowest BCUT2D eigenvalue weighted by Crippen LogP contribution is -2.13. The fourth-order valence-corrected chi connectivity index (χ4v) is 2.52. The van der Waals surface area contributed by atoms with E-state index < -0.39 is 0 Å². The minimum Gasteiger partial charge on any atom is -0.493 e. The van der Waals surface area contributed by atoms with Crippen LogP contribution in [0, 0.1) is 0 Å². The molecule has 0 bridgehead atoms. The molecule has 2 rings (SSSR count). The summed E-state index contributed by atoms with van der Waals surface area (Å²) in [6.45, 7) is 2.29. The van der Waals surface area contributed by atoms with E-state index in [-0.39, 0.29) is 12.4 Å². The number of halogens is 2. The van der Waals surface area contributed by atoms with E-state index in [4.69, 9.17) is 21.1 Å². The van der Waals surface area contributed by atoms with E-state index in [0.717, 1.165) is 4.47 Å². The number of ketones is 1. The molecule has 0 saturated heterocycles. The summed E-state index contributed by atoms with van der Waals surface area (Å²) in [7, 11) is 0. The van der Waals surface area contributed by atoms with Gasteiger partial charge in [0.1, 0.15) is 11.5 Å². The molecule has 0 radical (unpaired) electrons. The van der Waals surface area contributed by atoms with E-state index in [1.54, 1.807) is 36.4 Å². The molecule has 0 fully saturated rings. The summed E-state index contributed by atoms with van der Waals surface area (Å²) in [5.74, 6) is 0.885. The van der Waals surface area contributed by atoms with Gasteiger partial charge in [0.25, 0.3) is 0 Å². The Balaban J connectivity index is 2.08. The number of ether oxygens (including phenoxy) is 2. The van der Waals surface area contributed by atoms with Crippen LogP contribution >= 0.6 is 27.5 Å². The summed E-state index contributed by atoms with van der Waals surface area (Å²) in [6, 6.07) is 12.4. The molecule has 0 aromatic heterocycles. The number of carbonyl (C=O) groups is 1. The Morgan fingerprint density at radius 1 is 1.14 bits per heavy atom. The van der Waals surface area contributed by atoms with Gasteiger partial charge in [0, 0.05) is 4.47 Å². The van der Waals surface area contributed by atoms with Crippen molar-refractivity contribution in [1.29, 1.82) is 0 Å². The summed E-state index contributed by atoms with van der Waals surface area (Å²) >= 11 is 9.37. The average molecular weight is 370 g/mol. The van der Waals surface area contributed by atoms with Crippen molar-refractivity contribution >= 4 is 33.3 Å². The molecule has 0 spiro atoms. The molecule has 21 heavy (non-hydrogen) atoms. The Labute approximate surface area is 137 Å². The van der Waals surface area contributed by atoms with Crippen LogP contribution in [0.5, 0.6) is 11.5 Å². The zero-order chi connectivity index (χ0) is 15.2. The quantitative estimate of drug-likeness (QED) is 0.689. The van der Waals surface area contributed by atoms with E-state index in [0.29, 0.717) is 28.7 Å². The number of hydrogen-bond donors (Lipinski definition) is 0. The maximum absolute atomic E-state index is 12.2. The van der Waals surface area contributed by atoms with Gasteiger partial charge in [-0.1, -0.05) is 39.7 Å². The maximum atomic E-state index is 12.2. The van der Waals surface area contributed by atoms with E-state index in [1.807, 2.05) is 13.0 Å². The van der Waals surface area contributed by atoms with Crippen LogP contribution in [0.2, 0.25) is 5.02 Å². The van der Waals surface area contributed by atoms with Gasteiger partial charge in [-0.3, -0.25) is 4.79 Å². The van der Waals surface area contributed by atoms with Crippen LogP contribution in [0.25, 0.3) is 0 Å². The van der Waals surface area contributed by atoms with Crippen LogP contribution < -0.4 is 9.47 Å². The second kappa shape index (κ2) is 7.48. The molecule has 3 nitrogen and oxygen atoms in total. The van der Waals surface area contributed by atoms with Gasteiger partial charge in [0.15, 0.2) is 6.61 Å². The Bertz CT molecular complexity index is 643. The summed E-state index contributed by atoms with van der Waals surface area (Å²) in [5, 5.41) is 0.454. The van der Waals surface area contributed by atoms with Crippen molar-refractivity contribution in [1.82, 2.24) is 0 Å². The third-order valence-electron chi connectivity index (χ3n) is 2.74. The fraction of sp³-hybridized carbons (Fsp3) is 0.188. The predicted molar refractivity (Wildman–Crippen MR) is 86.6 cm³/mol. The SMILES string of the molecule is CCOc1ccccc1C(=O)COc1ccc(Br)cc1Cl. The van der Waals surface area contributed by atoms with Crippen molar-refractivity contribution in [2.24, 2.45) is 0 Å². The largest absolute Gasteiger partial charge is 0.493 e. The molecule has 2 aromatic carbocycles. The topological polar surface area (TPSA) is 35.5 Å². The third-order valence-corrected chi connectivity index (χ3v) is 3.53. The molecule has 110 valence electrons. The van der Waals surface area contributed by atoms with Gasteiger partial charge >= 0.3 is 0 Å². The summed E-state index contributed by atoms with van der Waals surface area (Å²) in [4.78, 5) is 12.2. The maximum Gasteiger partial charge on any atom is 0.203 e. The Hall–Kier alpha value is -1.52. The van der Waals surface area contributed by atoms with Crippen LogP contribution in [0.4, 0.5) is 0 Å². The van der Waals surface area contributed by atoms with Crippen molar-refractivity contribution in [3.8, 4) is 11.5 Å². The number of hydrogen-bond acceptors (Lipinski definition) is 3. The minimum atomic E-state index is -0.155. The Morgan fingerprint density at radius 2 is 1.90 bits per heavy atom. The first-order valence-electron chi connectivity index (χ1n) is 6.44. The van der Waals surface area contributed by atoms with Gasteiger partial charge in [0.2, 0.25) is 5.78 Å². The van der Waals surface area contributed by atoms with Gasteiger partial charge in [0.05, 0.1) is 17.2 Å². The third kappa shape index (κ3) is 4.22. The van der Waals surface area contributed by atoms with Gasteiger partial charge in [-0.15, -0.1) is 0 Å². The lowest BCUT2D eigenvalue weighted by Gasteiger charge is -2.11. The molecule has 0 aliphatic rings. The molecule has 0 unspecified atom stereocenters. The van der Waals surface area contributed by atoms with Crippen molar-refractivity contribution in [2.75, 3.05) is 13.2 Å². The summed E-state index contributed by atoms with van der Waals surface area (Å²) in [6.07, 6.45) is 0. The van der Waals surface area contributed by atoms with Crippen molar-refractivity contribution in [2.45, 2.75) is 6.92 Å². The highest BCUT2D eigenvalue weighted by atomic mass is 79.9. The first-order valence-corrected chi connectivity index (χ1v) is 7.61. The highest BCUT2D eigenvalue weighted by molar-refractivity contribution is 9.10. The fourth-order valence-electron chi connectivity index (χ4n) is 1.79. The normalized spacial score (nSPS) is 10.2. The van der Waals surface area contributed by atoms with Crippen molar-refractivity contribution in [3.05, 3.63) is 57.5 Å². The molecular weight excluding hydrogens is 356 g/mol. The van der Waals surface area contributed by atoms with E-state index >= 15 is 0 Å². The van der Waals surface area contributed by atoms with E-state index in [2.05, 4.69) is 15.9 Å². The van der Waals surface area contributed by atoms with Gasteiger partial charge in [-0.2, -0.15) is 0 Å². The second-order valence-electron chi connectivity index (χ2n) is 4.22. The molecule has 0 aliphatic heterocycles. The molecule has 0 heterocycles. The monoisotopic (exact) mass is 368 g/mol. The van der Waals surface area contributed by atoms with E-state index in [9.17, 15) is 4.79 Å². The lowest BCUT2D eigenvalue weighted by molar-refractivity contribution is 0.0918. The highest BCUT2D eigenvalue weighted by Crippen LogP contribution is 2.28.